The molecule has 2 rings (SSSR count). The first kappa shape index (κ1) is 19.5. The Bertz CT molecular complexity index is 647. The van der Waals surface area contributed by atoms with Crippen LogP contribution >= 0.6 is 0 Å². The Morgan fingerprint density at radius 3 is 2.36 bits per heavy atom. The number of rotatable bonds is 4. The third-order valence-electron chi connectivity index (χ3n) is 3.15. The minimum atomic E-state index is -4.57. The Hall–Kier alpha value is -1.84. The maximum absolute atomic E-state index is 10.9. The molecule has 1 heterocycles. The number of benzene rings is 1. The van der Waals surface area contributed by atoms with Gasteiger partial charge in [-0.2, -0.15) is 14.0 Å². The summed E-state index contributed by atoms with van der Waals surface area (Å²) in [6, 6.07) is 7.15. The summed E-state index contributed by atoms with van der Waals surface area (Å²) in [5.41, 5.74) is 1.09. The molecule has 1 aliphatic rings. The average Bonchev–Trinajstić information content (AvgIpc) is 2.66. The fourth-order valence-electron chi connectivity index (χ4n) is 2.20. The number of nitrogens with one attached hydrogen (secondary N) is 2. The van der Waals surface area contributed by atoms with Crippen LogP contribution in [0.1, 0.15) is 26.3 Å². The molecular formula is C16H22ClN3O5. The summed E-state index contributed by atoms with van der Waals surface area (Å²) >= 11 is 0. The van der Waals surface area contributed by atoms with E-state index >= 15 is 0 Å². The normalized spacial score (nSPS) is 18.6. The van der Waals surface area contributed by atoms with Crippen molar-refractivity contribution in [1.82, 2.24) is 10.6 Å². The van der Waals surface area contributed by atoms with E-state index in [0.29, 0.717) is 17.3 Å². The van der Waals surface area contributed by atoms with E-state index in [-0.39, 0.29) is 12.1 Å². The molecule has 0 bridgehead atoms. The van der Waals surface area contributed by atoms with Gasteiger partial charge in [0, 0.05) is 17.3 Å². The molecule has 0 amide bonds. The molecule has 0 fully saturated rings. The molecule has 1 aromatic rings. The highest BCUT2D eigenvalue weighted by Crippen LogP contribution is 2.19. The largest absolute Gasteiger partial charge is 0.497 e. The van der Waals surface area contributed by atoms with Crippen molar-refractivity contribution in [3.63, 3.8) is 0 Å². The van der Waals surface area contributed by atoms with E-state index in [2.05, 4.69) is 19.9 Å². The molecule has 0 saturated carbocycles. The highest BCUT2D eigenvalue weighted by molar-refractivity contribution is 5.99. The van der Waals surface area contributed by atoms with E-state index in [0.717, 1.165) is 5.56 Å². The lowest BCUT2D eigenvalue weighted by atomic mass is 10.1. The van der Waals surface area contributed by atoms with Crippen molar-refractivity contribution in [3.05, 3.63) is 35.9 Å². The van der Waals surface area contributed by atoms with Gasteiger partial charge in [-0.15, -0.1) is 0 Å². The summed E-state index contributed by atoms with van der Waals surface area (Å²) in [5.74, 6) is 1.24. The van der Waals surface area contributed by atoms with Crippen LogP contribution in [0.3, 0.4) is 0 Å². The molecule has 0 saturated heterocycles. The second kappa shape index (κ2) is 7.59. The number of ether oxygens (including phenoxy) is 1. The first-order chi connectivity index (χ1) is 11.6. The second-order valence-corrected chi connectivity index (χ2v) is 7.42. The molecule has 0 aromatic heterocycles. The zero-order valence-corrected chi connectivity index (χ0v) is 15.3. The number of methoxy groups -OCH3 is 1. The van der Waals surface area contributed by atoms with Crippen LogP contribution in [0.25, 0.3) is 5.70 Å². The summed E-state index contributed by atoms with van der Waals surface area (Å²) in [7, 11) is -3.00. The number of hydrogen-bond donors (Lipinski definition) is 2. The van der Waals surface area contributed by atoms with Crippen LogP contribution in [-0.2, 0) is 4.29 Å². The van der Waals surface area contributed by atoms with Crippen LogP contribution in [0, 0.1) is 10.2 Å². The van der Waals surface area contributed by atoms with Crippen LogP contribution in [0.4, 0.5) is 0 Å². The molecule has 1 aromatic carbocycles. The van der Waals surface area contributed by atoms with Crippen molar-refractivity contribution in [2.45, 2.75) is 32.5 Å². The average molecular weight is 372 g/mol. The Morgan fingerprint density at radius 2 is 1.84 bits per heavy atom. The van der Waals surface area contributed by atoms with Gasteiger partial charge in [-0.1, -0.05) is 0 Å². The van der Waals surface area contributed by atoms with Crippen LogP contribution in [0.15, 0.2) is 35.3 Å². The minimum Gasteiger partial charge on any atom is -0.497 e. The Morgan fingerprint density at radius 1 is 1.20 bits per heavy atom. The van der Waals surface area contributed by atoms with Gasteiger partial charge in [0.05, 0.1) is 21.6 Å². The lowest BCUT2D eigenvalue weighted by Crippen LogP contribution is -2.63. The second-order valence-electron chi connectivity index (χ2n) is 6.49. The van der Waals surface area contributed by atoms with Crippen LogP contribution < -0.4 is 29.3 Å². The quantitative estimate of drug-likeness (QED) is 0.671. The van der Waals surface area contributed by atoms with E-state index in [4.69, 9.17) is 4.74 Å². The smallest absolute Gasteiger partial charge is 0.304 e. The van der Waals surface area contributed by atoms with Gasteiger partial charge in [0.2, 0.25) is 0 Å². The summed E-state index contributed by atoms with van der Waals surface area (Å²) in [6.07, 6.45) is 0.641. The predicted octanol–water partition coefficient (Wildman–Crippen LogP) is -1.33. The standard InChI is InChI=1S/C16H22ClN3O5/c1-16(2,3)20-14-9-13(11-5-7-12(24-4)8-6-11)19-15(10-18-14)25-17(21,22)23/h5-9,15,19H,10H2,1-4H3,(H,18,20). The van der Waals surface area contributed by atoms with Crippen molar-refractivity contribution in [1.29, 1.82) is 0 Å². The molecule has 2 N–H and O–H groups in total. The molecule has 1 unspecified atom stereocenters. The van der Waals surface area contributed by atoms with E-state index in [1.54, 1.807) is 37.5 Å². The maximum Gasteiger partial charge on any atom is 0.304 e. The van der Waals surface area contributed by atoms with Gasteiger partial charge in [0.15, 0.2) is 0 Å². The van der Waals surface area contributed by atoms with Gasteiger partial charge in [-0.3, -0.25) is 4.99 Å². The topological polar surface area (TPSA) is 124 Å². The molecule has 9 heteroatoms. The molecule has 0 aliphatic carbocycles. The van der Waals surface area contributed by atoms with E-state index in [1.165, 1.54) is 0 Å². The van der Waals surface area contributed by atoms with Crippen LogP contribution in [0.2, 0.25) is 0 Å². The third kappa shape index (κ3) is 6.52. The highest BCUT2D eigenvalue weighted by Gasteiger charge is 2.31. The summed E-state index contributed by atoms with van der Waals surface area (Å²) in [6.45, 7) is 5.89. The van der Waals surface area contributed by atoms with Crippen molar-refractivity contribution in [3.8, 4) is 5.75 Å². The highest BCUT2D eigenvalue weighted by atomic mass is 35.7. The van der Waals surface area contributed by atoms with Crippen molar-refractivity contribution < 1.29 is 33.2 Å². The van der Waals surface area contributed by atoms with Gasteiger partial charge < -0.3 is 15.4 Å². The predicted molar refractivity (Wildman–Crippen MR) is 84.2 cm³/mol. The van der Waals surface area contributed by atoms with Crippen molar-refractivity contribution >= 4 is 11.5 Å². The number of aliphatic imine (C=N–C) groups is 1. The fraction of sp³-hybridized carbons (Fsp3) is 0.438. The Labute approximate surface area is 148 Å². The molecule has 0 spiro atoms. The van der Waals surface area contributed by atoms with Crippen LogP contribution in [0.5, 0.6) is 5.75 Å². The maximum atomic E-state index is 10.9. The summed E-state index contributed by atoms with van der Waals surface area (Å²) < 4.78 is 42.4. The van der Waals surface area contributed by atoms with Crippen molar-refractivity contribution in [2.24, 2.45) is 4.99 Å². The van der Waals surface area contributed by atoms with Gasteiger partial charge in [-0.25, -0.2) is 0 Å². The Balaban J connectivity index is 2.31. The molecule has 0 radical (unpaired) electrons. The first-order valence-electron chi connectivity index (χ1n) is 7.60. The zero-order chi connectivity index (χ0) is 18.7. The Kier molecular flexibility index (Phi) is 5.91. The molecular weight excluding hydrogens is 350 g/mol. The lowest BCUT2D eigenvalue weighted by molar-refractivity contribution is -1.92. The minimum absolute atomic E-state index is 0.0387. The van der Waals surface area contributed by atoms with E-state index in [1.807, 2.05) is 20.8 Å². The molecule has 1 atom stereocenters. The summed E-state index contributed by atoms with van der Waals surface area (Å²) in [4.78, 5) is 4.29. The molecule has 25 heavy (non-hydrogen) atoms. The van der Waals surface area contributed by atoms with E-state index < -0.39 is 16.5 Å². The zero-order valence-electron chi connectivity index (χ0n) is 14.5. The van der Waals surface area contributed by atoms with Crippen molar-refractivity contribution in [2.75, 3.05) is 13.7 Å². The third-order valence-corrected chi connectivity index (χ3v) is 3.58. The number of amidine groups is 1. The molecule has 8 nitrogen and oxygen atoms in total. The summed E-state index contributed by atoms with van der Waals surface area (Å²) in [5, 5.41) is 6.13. The van der Waals surface area contributed by atoms with Crippen LogP contribution in [-0.4, -0.2) is 31.3 Å². The number of hydrogen-bond acceptors (Lipinski definition) is 8. The van der Waals surface area contributed by atoms with Gasteiger partial charge in [0.25, 0.3) is 0 Å². The lowest BCUT2D eigenvalue weighted by Gasteiger charge is -2.22. The fourth-order valence-corrected chi connectivity index (χ4v) is 2.57. The molecule has 1 aliphatic heterocycles. The van der Waals surface area contributed by atoms with E-state index in [9.17, 15) is 14.0 Å². The van der Waals surface area contributed by atoms with Gasteiger partial charge in [0.1, 0.15) is 18.1 Å². The number of nitrogens with zero attached hydrogens (tertiary/aromatic N) is 1. The van der Waals surface area contributed by atoms with Gasteiger partial charge >= 0.3 is 6.23 Å². The van der Waals surface area contributed by atoms with Gasteiger partial charge in [-0.05, 0) is 50.6 Å². The first-order valence-corrected chi connectivity index (χ1v) is 8.84. The molecule has 138 valence electrons. The number of halogens is 1. The monoisotopic (exact) mass is 371 g/mol. The SMILES string of the molecule is COc1ccc(C2=CC(NC(C)(C)C)=NCC(O[Cl+3]([O-])([O-])[O-])N2)cc1.